The van der Waals surface area contributed by atoms with Crippen LogP contribution in [0.15, 0.2) is 35.2 Å². The molecule has 7 nitrogen and oxygen atoms in total. The summed E-state index contributed by atoms with van der Waals surface area (Å²) in [6.45, 7) is 0.428. The predicted octanol–water partition coefficient (Wildman–Crippen LogP) is 1.53. The van der Waals surface area contributed by atoms with Gasteiger partial charge in [0.1, 0.15) is 0 Å². The molecule has 0 bridgehead atoms. The average Bonchev–Trinajstić information content (AvgIpc) is 2.52. The second kappa shape index (κ2) is 7.26. The number of carboxylic acid groups (broad SMARTS) is 2. The van der Waals surface area contributed by atoms with Crippen molar-refractivity contribution in [1.29, 1.82) is 0 Å². The quantitative estimate of drug-likeness (QED) is 0.874. The van der Waals surface area contributed by atoms with E-state index in [1.54, 1.807) is 24.3 Å². The minimum Gasteiger partial charge on any atom is -0.465 e. The van der Waals surface area contributed by atoms with E-state index in [1.165, 1.54) is 9.80 Å². The van der Waals surface area contributed by atoms with Crippen LogP contribution in [0.4, 0.5) is 9.59 Å². The van der Waals surface area contributed by atoms with Crippen molar-refractivity contribution in [3.8, 4) is 0 Å². The lowest BCUT2D eigenvalue weighted by molar-refractivity contribution is 0.0629. The number of hydrogen-bond donors (Lipinski definition) is 2. The van der Waals surface area contributed by atoms with Gasteiger partial charge in [0.15, 0.2) is 0 Å². The van der Waals surface area contributed by atoms with E-state index in [9.17, 15) is 18.9 Å². The highest BCUT2D eigenvalue weighted by atomic mass is 32.2. The molecule has 1 aliphatic heterocycles. The van der Waals surface area contributed by atoms with Crippen LogP contribution in [0, 0.1) is 0 Å². The van der Waals surface area contributed by atoms with E-state index in [0.29, 0.717) is 17.1 Å². The van der Waals surface area contributed by atoms with E-state index in [2.05, 4.69) is 0 Å². The van der Waals surface area contributed by atoms with Crippen molar-refractivity contribution < 1.29 is 24.0 Å². The Bertz CT molecular complexity index is 566. The van der Waals surface area contributed by atoms with Crippen LogP contribution in [0.2, 0.25) is 0 Å². The molecule has 1 aromatic rings. The second-order valence-electron chi connectivity index (χ2n) is 5.01. The summed E-state index contributed by atoms with van der Waals surface area (Å²) in [5.41, 5.74) is 0. The molecule has 0 aliphatic carbocycles. The van der Waals surface area contributed by atoms with Gasteiger partial charge in [0.25, 0.3) is 0 Å². The SMILES string of the molecule is O=C(O)N1CCN(C(=O)O)[C@H](CCS(=O)c2ccccc2)C1. The van der Waals surface area contributed by atoms with Gasteiger partial charge in [-0.3, -0.25) is 4.21 Å². The van der Waals surface area contributed by atoms with Crippen molar-refractivity contribution in [2.45, 2.75) is 17.4 Å². The van der Waals surface area contributed by atoms with Crippen LogP contribution in [0.1, 0.15) is 6.42 Å². The van der Waals surface area contributed by atoms with E-state index < -0.39 is 29.0 Å². The minimum atomic E-state index is -1.22. The molecule has 8 heteroatoms. The summed E-state index contributed by atoms with van der Waals surface area (Å²) >= 11 is 0. The zero-order chi connectivity index (χ0) is 16.1. The van der Waals surface area contributed by atoms with Crippen LogP contribution in [0.3, 0.4) is 0 Å². The first kappa shape index (κ1) is 16.3. The van der Waals surface area contributed by atoms with Gasteiger partial charge in [0.05, 0.1) is 16.8 Å². The normalized spacial score (nSPS) is 19.7. The molecule has 1 aromatic carbocycles. The van der Waals surface area contributed by atoms with Crippen molar-refractivity contribution >= 4 is 23.0 Å². The first-order chi connectivity index (χ1) is 10.5. The maximum absolute atomic E-state index is 12.2. The largest absolute Gasteiger partial charge is 0.465 e. The van der Waals surface area contributed by atoms with Crippen LogP contribution in [0.25, 0.3) is 0 Å². The van der Waals surface area contributed by atoms with Crippen LogP contribution in [-0.2, 0) is 10.8 Å². The molecule has 2 atom stereocenters. The minimum absolute atomic E-state index is 0.119. The first-order valence-corrected chi connectivity index (χ1v) is 8.22. The van der Waals surface area contributed by atoms with Crippen molar-refractivity contribution in [3.63, 3.8) is 0 Å². The maximum Gasteiger partial charge on any atom is 0.407 e. The van der Waals surface area contributed by atoms with E-state index in [4.69, 9.17) is 5.11 Å². The highest BCUT2D eigenvalue weighted by Gasteiger charge is 2.32. The highest BCUT2D eigenvalue weighted by molar-refractivity contribution is 7.85. The van der Waals surface area contributed by atoms with E-state index in [-0.39, 0.29) is 19.6 Å². The molecule has 1 fully saturated rings. The molecule has 2 rings (SSSR count). The third-order valence-corrected chi connectivity index (χ3v) is 5.05. The molecular formula is C14H18N2O5S. The zero-order valence-electron chi connectivity index (χ0n) is 11.9. The Hall–Kier alpha value is -2.09. The van der Waals surface area contributed by atoms with Gasteiger partial charge in [-0.1, -0.05) is 18.2 Å². The van der Waals surface area contributed by atoms with Crippen molar-refractivity contribution in [2.75, 3.05) is 25.4 Å². The van der Waals surface area contributed by atoms with Crippen LogP contribution in [-0.4, -0.2) is 67.8 Å². The summed E-state index contributed by atoms with van der Waals surface area (Å²) < 4.78 is 12.2. The Balaban J connectivity index is 1.99. The third-order valence-electron chi connectivity index (χ3n) is 3.64. The number of nitrogens with zero attached hydrogens (tertiary/aromatic N) is 2. The van der Waals surface area contributed by atoms with Gasteiger partial charge in [0.2, 0.25) is 0 Å². The lowest BCUT2D eigenvalue weighted by atomic mass is 10.1. The lowest BCUT2D eigenvalue weighted by Crippen LogP contribution is -2.56. The molecule has 1 heterocycles. The molecule has 1 saturated heterocycles. The van der Waals surface area contributed by atoms with Gasteiger partial charge >= 0.3 is 12.2 Å². The molecular weight excluding hydrogens is 308 g/mol. The summed E-state index contributed by atoms with van der Waals surface area (Å²) in [5, 5.41) is 18.2. The number of hydrogen-bond acceptors (Lipinski definition) is 3. The van der Waals surface area contributed by atoms with Crippen molar-refractivity contribution in [1.82, 2.24) is 9.80 Å². The number of carbonyl (C=O) groups is 2. The standard InChI is InChI=1S/C14H18N2O5S/c17-13(18)15-7-8-16(14(19)20)11(10-15)6-9-22(21)12-4-2-1-3-5-12/h1-5,11H,6-10H2,(H,17,18)(H,19,20)/t11-,22?/m1/s1. The van der Waals surface area contributed by atoms with Crippen LogP contribution < -0.4 is 0 Å². The highest BCUT2D eigenvalue weighted by Crippen LogP contribution is 2.16. The smallest absolute Gasteiger partial charge is 0.407 e. The molecule has 0 radical (unpaired) electrons. The average molecular weight is 326 g/mol. The van der Waals surface area contributed by atoms with E-state index in [1.807, 2.05) is 6.07 Å². The molecule has 22 heavy (non-hydrogen) atoms. The maximum atomic E-state index is 12.2. The van der Waals surface area contributed by atoms with Gasteiger partial charge in [-0.05, 0) is 18.6 Å². The number of rotatable bonds is 4. The summed E-state index contributed by atoms with van der Waals surface area (Å²) in [5.74, 6) is 0.298. The van der Waals surface area contributed by atoms with Gasteiger partial charge in [-0.2, -0.15) is 0 Å². The van der Waals surface area contributed by atoms with Gasteiger partial charge < -0.3 is 20.0 Å². The second-order valence-corrected chi connectivity index (χ2v) is 6.58. The zero-order valence-corrected chi connectivity index (χ0v) is 12.7. The van der Waals surface area contributed by atoms with Crippen molar-refractivity contribution in [3.05, 3.63) is 30.3 Å². The monoisotopic (exact) mass is 326 g/mol. The Morgan fingerprint density at radius 1 is 1.14 bits per heavy atom. The number of piperazine rings is 1. The Morgan fingerprint density at radius 3 is 2.41 bits per heavy atom. The van der Waals surface area contributed by atoms with Gasteiger partial charge in [-0.25, -0.2) is 9.59 Å². The molecule has 120 valence electrons. The van der Waals surface area contributed by atoms with E-state index >= 15 is 0 Å². The fourth-order valence-corrected chi connectivity index (χ4v) is 3.64. The third kappa shape index (κ3) is 3.97. The van der Waals surface area contributed by atoms with Crippen molar-refractivity contribution in [2.24, 2.45) is 0 Å². The fraction of sp³-hybridized carbons (Fsp3) is 0.429. The first-order valence-electron chi connectivity index (χ1n) is 6.90. The molecule has 1 unspecified atom stereocenters. The topological polar surface area (TPSA) is 98.2 Å². The summed E-state index contributed by atoms with van der Waals surface area (Å²) in [4.78, 5) is 25.4. The van der Waals surface area contributed by atoms with Gasteiger partial charge in [0, 0.05) is 30.3 Å². The van der Waals surface area contributed by atoms with Crippen LogP contribution >= 0.6 is 0 Å². The Kier molecular flexibility index (Phi) is 5.37. The van der Waals surface area contributed by atoms with Crippen LogP contribution in [0.5, 0.6) is 0 Å². The summed E-state index contributed by atoms with van der Waals surface area (Å²) in [6.07, 6.45) is -1.77. The summed E-state index contributed by atoms with van der Waals surface area (Å²) in [6, 6.07) is 8.48. The summed E-state index contributed by atoms with van der Waals surface area (Å²) in [7, 11) is -1.22. The Morgan fingerprint density at radius 2 is 1.82 bits per heavy atom. The number of benzene rings is 1. The fourth-order valence-electron chi connectivity index (χ4n) is 2.46. The molecule has 2 N–H and O–H groups in total. The van der Waals surface area contributed by atoms with E-state index in [0.717, 1.165) is 0 Å². The molecule has 0 aromatic heterocycles. The van der Waals surface area contributed by atoms with Gasteiger partial charge in [-0.15, -0.1) is 0 Å². The number of amides is 2. The molecule has 0 spiro atoms. The molecule has 2 amide bonds. The lowest BCUT2D eigenvalue weighted by Gasteiger charge is -2.38. The molecule has 0 saturated carbocycles. The molecule has 1 aliphatic rings. The predicted molar refractivity (Wildman–Crippen MR) is 80.5 cm³/mol. The Labute approximate surface area is 130 Å².